The van der Waals surface area contributed by atoms with E-state index in [0.717, 1.165) is 26.4 Å². The van der Waals surface area contributed by atoms with Gasteiger partial charge < -0.3 is 0 Å². The summed E-state index contributed by atoms with van der Waals surface area (Å²) in [6.45, 7) is 3.97. The van der Waals surface area contributed by atoms with Crippen LogP contribution in [-0.2, 0) is 0 Å². The van der Waals surface area contributed by atoms with E-state index in [4.69, 9.17) is 11.6 Å². The summed E-state index contributed by atoms with van der Waals surface area (Å²) in [5, 5.41) is 2.41. The molecule has 0 aliphatic carbocycles. The average molecular weight is 276 g/mol. The lowest BCUT2D eigenvalue weighted by molar-refractivity contribution is 1.22. The summed E-state index contributed by atoms with van der Waals surface area (Å²) in [4.78, 5) is 14.1. The van der Waals surface area contributed by atoms with Crippen LogP contribution in [0.25, 0.3) is 21.6 Å². The highest BCUT2D eigenvalue weighted by molar-refractivity contribution is 7.14. The van der Waals surface area contributed by atoms with Crippen molar-refractivity contribution < 1.29 is 0 Å². The highest BCUT2D eigenvalue weighted by Gasteiger charge is 2.11. The number of benzene rings is 1. The zero-order chi connectivity index (χ0) is 12.7. The molecule has 90 valence electrons. The molecule has 5 heteroatoms. The van der Waals surface area contributed by atoms with Crippen LogP contribution in [0.1, 0.15) is 10.6 Å². The number of rotatable bonds is 1. The van der Waals surface area contributed by atoms with E-state index in [2.05, 4.69) is 15.0 Å². The topological polar surface area (TPSA) is 38.7 Å². The normalized spacial score (nSPS) is 11.1. The quantitative estimate of drug-likeness (QED) is 0.630. The third kappa shape index (κ3) is 1.87. The predicted molar refractivity (Wildman–Crippen MR) is 75.1 cm³/mol. The molecule has 0 saturated carbocycles. The van der Waals surface area contributed by atoms with Gasteiger partial charge in [-0.1, -0.05) is 23.7 Å². The second kappa shape index (κ2) is 4.30. The second-order valence-electron chi connectivity index (χ2n) is 4.05. The number of halogens is 1. The van der Waals surface area contributed by atoms with Crippen molar-refractivity contribution in [3.63, 3.8) is 0 Å². The highest BCUT2D eigenvalue weighted by atomic mass is 35.5. The minimum atomic E-state index is 0.499. The van der Waals surface area contributed by atoms with Gasteiger partial charge in [-0.15, -0.1) is 11.3 Å². The Morgan fingerprint density at radius 2 is 2.00 bits per heavy atom. The zero-order valence-electron chi connectivity index (χ0n) is 9.94. The largest absolute Gasteiger partial charge is 0.249 e. The van der Waals surface area contributed by atoms with E-state index in [9.17, 15) is 0 Å². The van der Waals surface area contributed by atoms with Crippen LogP contribution in [0.2, 0.25) is 5.15 Å². The number of fused-ring (bicyclic) bond motifs is 1. The molecule has 0 radical (unpaired) electrons. The first kappa shape index (κ1) is 11.6. The summed E-state index contributed by atoms with van der Waals surface area (Å²) in [5.41, 5.74) is 1.96. The Bertz CT molecular complexity index is 736. The van der Waals surface area contributed by atoms with Crippen molar-refractivity contribution in [1.82, 2.24) is 15.0 Å². The van der Waals surface area contributed by atoms with E-state index in [1.165, 1.54) is 0 Å². The number of aromatic nitrogens is 3. The number of thiazole rings is 1. The van der Waals surface area contributed by atoms with Crippen LogP contribution in [0.3, 0.4) is 0 Å². The Morgan fingerprint density at radius 3 is 2.72 bits per heavy atom. The minimum absolute atomic E-state index is 0.499. The van der Waals surface area contributed by atoms with Gasteiger partial charge in [0, 0.05) is 11.6 Å². The van der Waals surface area contributed by atoms with Crippen molar-refractivity contribution in [3.8, 4) is 10.7 Å². The van der Waals surface area contributed by atoms with E-state index in [0.29, 0.717) is 11.0 Å². The number of hydrogen-bond acceptors (Lipinski definition) is 4. The molecule has 0 saturated heterocycles. The van der Waals surface area contributed by atoms with Gasteiger partial charge in [-0.05, 0) is 25.5 Å². The Kier molecular flexibility index (Phi) is 2.76. The fourth-order valence-electron chi connectivity index (χ4n) is 1.88. The van der Waals surface area contributed by atoms with Gasteiger partial charge in [0.05, 0.1) is 15.4 Å². The van der Waals surface area contributed by atoms with Gasteiger partial charge in [-0.25, -0.2) is 15.0 Å². The first-order valence-corrected chi connectivity index (χ1v) is 6.70. The molecule has 0 N–H and O–H groups in total. The van der Waals surface area contributed by atoms with Crippen LogP contribution in [0.4, 0.5) is 0 Å². The minimum Gasteiger partial charge on any atom is -0.249 e. The molecule has 3 nitrogen and oxygen atoms in total. The summed E-state index contributed by atoms with van der Waals surface area (Å²) in [6.07, 6.45) is 1.79. The van der Waals surface area contributed by atoms with Crippen molar-refractivity contribution in [1.29, 1.82) is 0 Å². The lowest BCUT2D eigenvalue weighted by atomic mass is 10.1. The molecular weight excluding hydrogens is 266 g/mol. The van der Waals surface area contributed by atoms with Gasteiger partial charge in [0.2, 0.25) is 0 Å². The van der Waals surface area contributed by atoms with E-state index in [1.54, 1.807) is 17.5 Å². The van der Waals surface area contributed by atoms with Crippen LogP contribution in [0, 0.1) is 13.8 Å². The van der Waals surface area contributed by atoms with Gasteiger partial charge >= 0.3 is 0 Å². The predicted octanol–water partition coefficient (Wildman–Crippen LogP) is 4.02. The molecule has 2 aromatic heterocycles. The second-order valence-corrected chi connectivity index (χ2v) is 5.64. The van der Waals surface area contributed by atoms with Crippen molar-refractivity contribution >= 4 is 33.8 Å². The third-order valence-corrected chi connectivity index (χ3v) is 3.91. The maximum Gasteiger partial charge on any atom is 0.173 e. The molecule has 0 atom stereocenters. The number of nitrogens with zero attached hydrogens (tertiary/aromatic N) is 3. The summed E-state index contributed by atoms with van der Waals surface area (Å²) in [7, 11) is 0. The Balaban J connectivity index is 2.28. The summed E-state index contributed by atoms with van der Waals surface area (Å²) in [6, 6.07) is 5.93. The molecule has 0 fully saturated rings. The monoisotopic (exact) mass is 275 g/mol. The van der Waals surface area contributed by atoms with Gasteiger partial charge in [0.15, 0.2) is 5.82 Å². The molecule has 0 bridgehead atoms. The molecule has 0 amide bonds. The standard InChI is InChI=1S/C13H10ClN3S/c1-7-4-3-5-9-11(7)12(14)17-13(16-9)10-6-15-8(2)18-10/h3-6H,1-2H3. The van der Waals surface area contributed by atoms with E-state index in [-0.39, 0.29) is 0 Å². The van der Waals surface area contributed by atoms with Gasteiger partial charge in [0.1, 0.15) is 5.15 Å². The van der Waals surface area contributed by atoms with E-state index < -0.39 is 0 Å². The highest BCUT2D eigenvalue weighted by Crippen LogP contribution is 2.29. The van der Waals surface area contributed by atoms with Crippen LogP contribution in [0.15, 0.2) is 24.4 Å². The van der Waals surface area contributed by atoms with Crippen molar-refractivity contribution in [2.75, 3.05) is 0 Å². The maximum atomic E-state index is 6.26. The Labute approximate surface area is 114 Å². The SMILES string of the molecule is Cc1ncc(-c2nc(Cl)c3c(C)cccc3n2)s1. The van der Waals surface area contributed by atoms with Crippen LogP contribution in [0.5, 0.6) is 0 Å². The maximum absolute atomic E-state index is 6.26. The first-order chi connectivity index (χ1) is 8.65. The molecule has 3 aromatic rings. The van der Waals surface area contributed by atoms with Gasteiger partial charge in [0.25, 0.3) is 0 Å². The Hall–Kier alpha value is -1.52. The number of aryl methyl sites for hydroxylation is 2. The lowest BCUT2D eigenvalue weighted by Crippen LogP contribution is -1.91. The average Bonchev–Trinajstić information content (AvgIpc) is 2.75. The zero-order valence-corrected chi connectivity index (χ0v) is 11.5. The van der Waals surface area contributed by atoms with Crippen LogP contribution >= 0.6 is 22.9 Å². The lowest BCUT2D eigenvalue weighted by Gasteiger charge is -2.04. The molecule has 2 heterocycles. The van der Waals surface area contributed by atoms with Crippen molar-refractivity contribution in [2.45, 2.75) is 13.8 Å². The molecule has 0 unspecified atom stereocenters. The molecule has 1 aromatic carbocycles. The summed E-state index contributed by atoms with van der Waals surface area (Å²) < 4.78 is 0. The van der Waals surface area contributed by atoms with Crippen LogP contribution in [-0.4, -0.2) is 15.0 Å². The summed E-state index contributed by atoms with van der Waals surface area (Å²) >= 11 is 7.82. The van der Waals surface area contributed by atoms with Gasteiger partial charge in [-0.2, -0.15) is 0 Å². The first-order valence-electron chi connectivity index (χ1n) is 5.51. The van der Waals surface area contributed by atoms with Gasteiger partial charge in [-0.3, -0.25) is 0 Å². The molecule has 0 spiro atoms. The molecule has 0 aliphatic rings. The van der Waals surface area contributed by atoms with Crippen LogP contribution < -0.4 is 0 Å². The van der Waals surface area contributed by atoms with Crippen molar-refractivity contribution in [2.24, 2.45) is 0 Å². The molecule has 18 heavy (non-hydrogen) atoms. The fraction of sp³-hybridized carbons (Fsp3) is 0.154. The number of hydrogen-bond donors (Lipinski definition) is 0. The fourth-order valence-corrected chi connectivity index (χ4v) is 2.91. The molecule has 3 rings (SSSR count). The smallest absolute Gasteiger partial charge is 0.173 e. The van der Waals surface area contributed by atoms with E-state index >= 15 is 0 Å². The molecule has 0 aliphatic heterocycles. The third-order valence-electron chi connectivity index (χ3n) is 2.73. The van der Waals surface area contributed by atoms with E-state index in [1.807, 2.05) is 32.0 Å². The Morgan fingerprint density at radius 1 is 1.17 bits per heavy atom. The molecular formula is C13H10ClN3S. The summed E-state index contributed by atoms with van der Waals surface area (Å²) in [5.74, 6) is 0.642. The van der Waals surface area contributed by atoms with Crippen molar-refractivity contribution in [3.05, 3.63) is 40.1 Å².